The van der Waals surface area contributed by atoms with Crippen molar-refractivity contribution in [1.29, 1.82) is 0 Å². The Morgan fingerprint density at radius 1 is 0.405 bits per heavy atom. The minimum atomic E-state index is 0.262. The lowest BCUT2D eigenvalue weighted by molar-refractivity contribution is 0.476. The summed E-state index contributed by atoms with van der Waals surface area (Å²) in [5.74, 6) is 0.523. The van der Waals surface area contributed by atoms with Crippen LogP contribution in [0.4, 0.5) is 0 Å². The topological polar surface area (TPSA) is 40.5 Å². The van der Waals surface area contributed by atoms with Gasteiger partial charge in [-0.05, 0) is 86.0 Å². The molecule has 176 valence electrons. The molecule has 1 aliphatic rings. The van der Waals surface area contributed by atoms with Crippen LogP contribution < -0.4 is 0 Å². The van der Waals surface area contributed by atoms with E-state index in [1.54, 1.807) is 0 Å². The molecule has 0 amide bonds. The summed E-state index contributed by atoms with van der Waals surface area (Å²) in [6.45, 7) is 0. The number of benzene rings is 6. The Kier molecular flexibility index (Phi) is 4.87. The number of fused-ring (bicyclic) bond motifs is 4. The summed E-state index contributed by atoms with van der Waals surface area (Å²) in [5, 5.41) is 24.6. The molecule has 2 N–H and O–H groups in total. The predicted molar refractivity (Wildman–Crippen MR) is 152 cm³/mol. The fourth-order valence-electron chi connectivity index (χ4n) is 5.75. The van der Waals surface area contributed by atoms with Gasteiger partial charge in [-0.25, -0.2) is 0 Å². The highest BCUT2D eigenvalue weighted by Gasteiger charge is 2.23. The van der Waals surface area contributed by atoms with Gasteiger partial charge >= 0.3 is 0 Å². The Bertz CT molecular complexity index is 1670. The van der Waals surface area contributed by atoms with E-state index in [1.807, 2.05) is 72.8 Å². The van der Waals surface area contributed by atoms with Crippen molar-refractivity contribution in [2.75, 3.05) is 0 Å². The molecule has 0 fully saturated rings. The van der Waals surface area contributed by atoms with Crippen molar-refractivity contribution in [3.05, 3.63) is 132 Å². The molecule has 0 aliphatic heterocycles. The van der Waals surface area contributed by atoms with Crippen molar-refractivity contribution >= 4 is 10.8 Å². The lowest BCUT2D eigenvalue weighted by Crippen LogP contribution is -2.01. The number of phenols is 2. The molecule has 1 aliphatic carbocycles. The van der Waals surface area contributed by atoms with Crippen LogP contribution in [0.5, 0.6) is 11.5 Å². The summed E-state index contributed by atoms with van der Waals surface area (Å²) in [6.07, 6.45) is 0.598. The number of phenolic OH excluding ortho intramolecular Hbond substituents is 2. The molecule has 6 aromatic rings. The molecular weight excluding hydrogens is 452 g/mol. The Morgan fingerprint density at radius 2 is 0.865 bits per heavy atom. The number of rotatable bonds is 2. The molecule has 2 heteroatoms. The molecule has 2 nitrogen and oxygen atoms in total. The van der Waals surface area contributed by atoms with Gasteiger partial charge in [-0.1, -0.05) is 97.1 Å². The minimum absolute atomic E-state index is 0.262. The van der Waals surface area contributed by atoms with Crippen LogP contribution in [0.25, 0.3) is 55.3 Å². The first-order valence-corrected chi connectivity index (χ1v) is 12.5. The standard InChI is InChI=1S/C35H24O2/c36-33-18-25-17-26-19-34(37)32(23-11-5-2-6-12-23)21-30(26)28-16-8-14-24-13-7-15-27(35(24)28)29(25)20-31(33)22-9-3-1-4-10-22/h1-16,18-21,36-37H,17H2. The maximum Gasteiger partial charge on any atom is 0.123 e. The molecule has 37 heavy (non-hydrogen) atoms. The van der Waals surface area contributed by atoms with Gasteiger partial charge in [0.25, 0.3) is 0 Å². The first kappa shape index (κ1) is 21.5. The third-order valence-electron chi connectivity index (χ3n) is 7.48. The smallest absolute Gasteiger partial charge is 0.123 e. The molecule has 0 unspecified atom stereocenters. The fraction of sp³-hybridized carbons (Fsp3) is 0.0286. The summed E-state index contributed by atoms with van der Waals surface area (Å²) < 4.78 is 0. The molecule has 0 aromatic heterocycles. The second-order valence-corrected chi connectivity index (χ2v) is 9.67. The van der Waals surface area contributed by atoms with Crippen molar-refractivity contribution in [3.63, 3.8) is 0 Å². The van der Waals surface area contributed by atoms with Gasteiger partial charge in [0.15, 0.2) is 0 Å². The molecule has 0 saturated heterocycles. The summed E-state index contributed by atoms with van der Waals surface area (Å²) in [7, 11) is 0. The van der Waals surface area contributed by atoms with Gasteiger partial charge in [0.05, 0.1) is 0 Å². The quantitative estimate of drug-likeness (QED) is 0.262. The summed E-state index contributed by atoms with van der Waals surface area (Å²) in [6, 6.07) is 41.0. The third-order valence-corrected chi connectivity index (χ3v) is 7.48. The molecule has 0 spiro atoms. The van der Waals surface area contributed by atoms with E-state index in [2.05, 4.69) is 48.5 Å². The van der Waals surface area contributed by atoms with Gasteiger partial charge in [-0.2, -0.15) is 0 Å². The monoisotopic (exact) mass is 476 g/mol. The Balaban J connectivity index is 1.56. The predicted octanol–water partition coefficient (Wildman–Crippen LogP) is 8.82. The summed E-state index contributed by atoms with van der Waals surface area (Å²) >= 11 is 0. The van der Waals surface area contributed by atoms with Crippen molar-refractivity contribution in [1.82, 2.24) is 0 Å². The number of aromatic hydroxyl groups is 2. The van der Waals surface area contributed by atoms with E-state index in [1.165, 1.54) is 5.39 Å². The SMILES string of the molecule is Oc1cc2c(cc1-c1ccccc1)-c1cccc3cccc(c13)-c1cc(-c3ccccc3)c(O)cc1C2. The van der Waals surface area contributed by atoms with Crippen molar-refractivity contribution in [3.8, 4) is 56.0 Å². The zero-order valence-electron chi connectivity index (χ0n) is 20.1. The zero-order valence-corrected chi connectivity index (χ0v) is 20.1. The lowest BCUT2D eigenvalue weighted by atomic mass is 9.81. The van der Waals surface area contributed by atoms with E-state index in [0.717, 1.165) is 61.0 Å². The van der Waals surface area contributed by atoms with Crippen LogP contribution >= 0.6 is 0 Å². The molecule has 0 saturated carbocycles. The van der Waals surface area contributed by atoms with E-state index >= 15 is 0 Å². The van der Waals surface area contributed by atoms with E-state index < -0.39 is 0 Å². The highest BCUT2D eigenvalue weighted by Crippen LogP contribution is 2.47. The highest BCUT2D eigenvalue weighted by molar-refractivity contribution is 6.08. The van der Waals surface area contributed by atoms with Crippen molar-refractivity contribution in [2.45, 2.75) is 6.42 Å². The van der Waals surface area contributed by atoms with E-state index in [4.69, 9.17) is 0 Å². The van der Waals surface area contributed by atoms with Crippen LogP contribution in [0.15, 0.2) is 121 Å². The molecule has 0 atom stereocenters. The van der Waals surface area contributed by atoms with Gasteiger partial charge in [-0.3, -0.25) is 0 Å². The van der Waals surface area contributed by atoms with Gasteiger partial charge in [0.2, 0.25) is 0 Å². The molecule has 6 aromatic carbocycles. The average Bonchev–Trinajstić information content (AvgIpc) is 2.93. The largest absolute Gasteiger partial charge is 0.507 e. The van der Waals surface area contributed by atoms with E-state index in [9.17, 15) is 10.2 Å². The summed E-state index contributed by atoms with van der Waals surface area (Å²) in [5.41, 5.74) is 10.2. The maximum absolute atomic E-state index is 11.1. The first-order chi connectivity index (χ1) is 18.2. The minimum Gasteiger partial charge on any atom is -0.507 e. The first-order valence-electron chi connectivity index (χ1n) is 12.5. The third kappa shape index (κ3) is 3.49. The summed E-state index contributed by atoms with van der Waals surface area (Å²) in [4.78, 5) is 0. The number of hydrogen-bond donors (Lipinski definition) is 2. The van der Waals surface area contributed by atoms with Crippen LogP contribution in [-0.4, -0.2) is 10.2 Å². The molecular formula is C35H24O2. The van der Waals surface area contributed by atoms with Gasteiger partial charge in [0, 0.05) is 11.1 Å². The Labute approximate surface area is 215 Å². The number of hydrogen-bond acceptors (Lipinski definition) is 2. The fourth-order valence-corrected chi connectivity index (χ4v) is 5.75. The van der Waals surface area contributed by atoms with E-state index in [0.29, 0.717) is 6.42 Å². The Morgan fingerprint density at radius 3 is 1.32 bits per heavy atom. The second-order valence-electron chi connectivity index (χ2n) is 9.67. The van der Waals surface area contributed by atoms with Gasteiger partial charge in [0.1, 0.15) is 11.5 Å². The van der Waals surface area contributed by atoms with Crippen LogP contribution in [0.3, 0.4) is 0 Å². The van der Waals surface area contributed by atoms with Gasteiger partial charge in [-0.15, -0.1) is 0 Å². The molecule has 0 radical (unpaired) electrons. The van der Waals surface area contributed by atoms with Crippen LogP contribution in [-0.2, 0) is 6.42 Å². The van der Waals surface area contributed by atoms with Crippen LogP contribution in [0.2, 0.25) is 0 Å². The van der Waals surface area contributed by atoms with Gasteiger partial charge < -0.3 is 10.2 Å². The zero-order chi connectivity index (χ0) is 24.9. The Hall–Kier alpha value is -4.82. The molecule has 0 bridgehead atoms. The van der Waals surface area contributed by atoms with Crippen LogP contribution in [0.1, 0.15) is 11.1 Å². The normalized spacial score (nSPS) is 11.9. The van der Waals surface area contributed by atoms with Crippen LogP contribution in [0, 0.1) is 0 Å². The molecule has 0 heterocycles. The highest BCUT2D eigenvalue weighted by atomic mass is 16.3. The maximum atomic E-state index is 11.1. The average molecular weight is 477 g/mol. The van der Waals surface area contributed by atoms with Crippen molar-refractivity contribution in [2.24, 2.45) is 0 Å². The van der Waals surface area contributed by atoms with E-state index in [-0.39, 0.29) is 11.5 Å². The van der Waals surface area contributed by atoms with Crippen molar-refractivity contribution < 1.29 is 10.2 Å². The molecule has 7 rings (SSSR count). The second kappa shape index (κ2) is 8.39. The lowest BCUT2D eigenvalue weighted by Gasteiger charge is -2.23.